The van der Waals surface area contributed by atoms with Gasteiger partial charge in [-0.05, 0) is 44.6 Å². The predicted molar refractivity (Wildman–Crippen MR) is 86.8 cm³/mol. The van der Waals surface area contributed by atoms with Crippen LogP contribution in [0.25, 0.3) is 0 Å². The van der Waals surface area contributed by atoms with Crippen molar-refractivity contribution in [1.82, 2.24) is 15.1 Å². The average molecular weight is 297 g/mol. The molecule has 22 heavy (non-hydrogen) atoms. The zero-order valence-electron chi connectivity index (χ0n) is 13.3. The molecule has 1 aliphatic rings. The molecular weight excluding hydrogens is 274 g/mol. The molecule has 1 saturated heterocycles. The number of rotatable bonds is 3. The Hall–Kier alpha value is -2.10. The van der Waals surface area contributed by atoms with Crippen LogP contribution in [0.15, 0.2) is 30.3 Å². The van der Waals surface area contributed by atoms with Gasteiger partial charge in [-0.15, -0.1) is 0 Å². The van der Waals surface area contributed by atoms with Crippen molar-refractivity contribution in [1.29, 1.82) is 0 Å². The van der Waals surface area contributed by atoms with Crippen molar-refractivity contribution in [3.05, 3.63) is 52.8 Å². The number of benzene rings is 1. The Labute approximate surface area is 131 Å². The van der Waals surface area contributed by atoms with E-state index >= 15 is 0 Å². The molecule has 1 aromatic carbocycles. The van der Waals surface area contributed by atoms with Crippen LogP contribution in [0.5, 0.6) is 0 Å². The van der Waals surface area contributed by atoms with Crippen LogP contribution in [0.2, 0.25) is 0 Å². The minimum atomic E-state index is 0.127. The molecule has 2 heterocycles. The van der Waals surface area contributed by atoms with Crippen LogP contribution in [-0.4, -0.2) is 34.1 Å². The van der Waals surface area contributed by atoms with Gasteiger partial charge in [0.25, 0.3) is 5.91 Å². The number of aromatic amines is 1. The third-order valence-corrected chi connectivity index (χ3v) is 4.61. The zero-order valence-corrected chi connectivity index (χ0v) is 13.3. The number of nitrogens with one attached hydrogen (secondary N) is 1. The number of carbonyl (C=O) groups is 1. The highest BCUT2D eigenvalue weighted by Crippen LogP contribution is 2.23. The average Bonchev–Trinajstić information content (AvgIpc) is 2.87. The minimum absolute atomic E-state index is 0.127. The molecule has 1 N–H and O–H groups in total. The van der Waals surface area contributed by atoms with Crippen LogP contribution in [0, 0.1) is 19.8 Å². The molecule has 0 aliphatic carbocycles. The summed E-state index contributed by atoms with van der Waals surface area (Å²) >= 11 is 0. The normalized spacial score (nSPS) is 16.0. The molecule has 4 heteroatoms. The Balaban J connectivity index is 1.59. The zero-order chi connectivity index (χ0) is 15.5. The summed E-state index contributed by atoms with van der Waals surface area (Å²) in [5.41, 5.74) is 3.82. The lowest BCUT2D eigenvalue weighted by Gasteiger charge is -2.32. The first-order valence-electron chi connectivity index (χ1n) is 8.00. The second kappa shape index (κ2) is 6.34. The summed E-state index contributed by atoms with van der Waals surface area (Å²) in [6.07, 6.45) is 3.28. The number of carbonyl (C=O) groups excluding carboxylic acids is 1. The van der Waals surface area contributed by atoms with Crippen molar-refractivity contribution in [3.8, 4) is 0 Å². The van der Waals surface area contributed by atoms with Gasteiger partial charge in [0.2, 0.25) is 0 Å². The number of likely N-dealkylation sites (tertiary alicyclic amines) is 1. The van der Waals surface area contributed by atoms with E-state index < -0.39 is 0 Å². The number of aryl methyl sites for hydroxylation is 2. The fraction of sp³-hybridized carbons (Fsp3) is 0.444. The summed E-state index contributed by atoms with van der Waals surface area (Å²) in [4.78, 5) is 14.6. The first kappa shape index (κ1) is 14.8. The molecule has 3 rings (SSSR count). The van der Waals surface area contributed by atoms with E-state index in [0.717, 1.165) is 49.3 Å². The minimum Gasteiger partial charge on any atom is -0.339 e. The van der Waals surface area contributed by atoms with Crippen LogP contribution in [-0.2, 0) is 6.42 Å². The number of nitrogens with zero attached hydrogens (tertiary/aromatic N) is 2. The van der Waals surface area contributed by atoms with Crippen molar-refractivity contribution in [3.63, 3.8) is 0 Å². The van der Waals surface area contributed by atoms with Gasteiger partial charge in [-0.2, -0.15) is 5.10 Å². The van der Waals surface area contributed by atoms with Gasteiger partial charge in [0.05, 0.1) is 11.3 Å². The molecule has 116 valence electrons. The van der Waals surface area contributed by atoms with Crippen LogP contribution in [0.3, 0.4) is 0 Å². The third-order valence-electron chi connectivity index (χ3n) is 4.61. The van der Waals surface area contributed by atoms with Gasteiger partial charge in [0, 0.05) is 18.8 Å². The number of aromatic nitrogens is 2. The van der Waals surface area contributed by atoms with E-state index in [-0.39, 0.29) is 5.91 Å². The molecule has 0 spiro atoms. The third kappa shape index (κ3) is 3.06. The lowest BCUT2D eigenvalue weighted by Crippen LogP contribution is -2.39. The molecule has 0 saturated carbocycles. The number of H-pyrrole nitrogens is 1. The van der Waals surface area contributed by atoms with Crippen molar-refractivity contribution >= 4 is 5.91 Å². The van der Waals surface area contributed by atoms with Crippen LogP contribution < -0.4 is 0 Å². The Kier molecular flexibility index (Phi) is 4.27. The Morgan fingerprint density at radius 1 is 1.23 bits per heavy atom. The van der Waals surface area contributed by atoms with E-state index in [1.165, 1.54) is 5.56 Å². The highest BCUT2D eigenvalue weighted by Gasteiger charge is 2.26. The SMILES string of the molecule is Cc1n[nH]c(C)c1C(=O)N1CCC(Cc2ccccc2)CC1. The fourth-order valence-electron chi connectivity index (χ4n) is 3.31. The standard InChI is InChI=1S/C18H23N3O/c1-13-17(14(2)20-19-13)18(22)21-10-8-16(9-11-21)12-15-6-4-3-5-7-15/h3-7,16H,8-12H2,1-2H3,(H,19,20). The molecule has 1 aliphatic heterocycles. The summed E-state index contributed by atoms with van der Waals surface area (Å²) in [6, 6.07) is 10.6. The van der Waals surface area contributed by atoms with Crippen molar-refractivity contribution < 1.29 is 4.79 Å². The molecule has 4 nitrogen and oxygen atoms in total. The quantitative estimate of drug-likeness (QED) is 0.946. The second-order valence-corrected chi connectivity index (χ2v) is 6.23. The second-order valence-electron chi connectivity index (χ2n) is 6.23. The maximum absolute atomic E-state index is 12.6. The monoisotopic (exact) mass is 297 g/mol. The Bertz CT molecular complexity index is 620. The smallest absolute Gasteiger partial charge is 0.257 e. The summed E-state index contributed by atoms with van der Waals surface area (Å²) in [5, 5.41) is 7.03. The maximum atomic E-state index is 12.6. The Morgan fingerprint density at radius 3 is 2.50 bits per heavy atom. The lowest BCUT2D eigenvalue weighted by atomic mass is 9.90. The lowest BCUT2D eigenvalue weighted by molar-refractivity contribution is 0.0689. The van der Waals surface area contributed by atoms with Crippen molar-refractivity contribution in [2.75, 3.05) is 13.1 Å². The van der Waals surface area contributed by atoms with Gasteiger partial charge in [0.1, 0.15) is 0 Å². The molecule has 1 amide bonds. The highest BCUT2D eigenvalue weighted by atomic mass is 16.2. The molecule has 0 atom stereocenters. The summed E-state index contributed by atoms with van der Waals surface area (Å²) in [7, 11) is 0. The van der Waals surface area contributed by atoms with E-state index in [1.807, 2.05) is 18.7 Å². The van der Waals surface area contributed by atoms with Gasteiger partial charge in [0.15, 0.2) is 0 Å². The molecular formula is C18H23N3O. The molecule has 2 aromatic rings. The molecule has 0 bridgehead atoms. The van der Waals surface area contributed by atoms with Crippen molar-refractivity contribution in [2.45, 2.75) is 33.1 Å². The van der Waals surface area contributed by atoms with E-state index in [4.69, 9.17) is 0 Å². The highest BCUT2D eigenvalue weighted by molar-refractivity contribution is 5.96. The Morgan fingerprint density at radius 2 is 1.91 bits per heavy atom. The van der Waals surface area contributed by atoms with Gasteiger partial charge in [-0.25, -0.2) is 0 Å². The number of piperidine rings is 1. The summed E-state index contributed by atoms with van der Waals surface area (Å²) < 4.78 is 0. The number of hydrogen-bond donors (Lipinski definition) is 1. The van der Waals surface area contributed by atoms with Gasteiger partial charge >= 0.3 is 0 Å². The molecule has 1 fully saturated rings. The van der Waals surface area contributed by atoms with E-state index in [9.17, 15) is 4.79 Å². The molecule has 0 radical (unpaired) electrons. The largest absolute Gasteiger partial charge is 0.339 e. The topological polar surface area (TPSA) is 49.0 Å². The maximum Gasteiger partial charge on any atom is 0.257 e. The molecule has 0 unspecified atom stereocenters. The molecule has 1 aromatic heterocycles. The van der Waals surface area contributed by atoms with E-state index in [2.05, 4.69) is 40.5 Å². The predicted octanol–water partition coefficient (Wildman–Crippen LogP) is 3.12. The fourth-order valence-corrected chi connectivity index (χ4v) is 3.31. The van der Waals surface area contributed by atoms with Crippen LogP contribution in [0.4, 0.5) is 0 Å². The number of hydrogen-bond acceptors (Lipinski definition) is 2. The van der Waals surface area contributed by atoms with Crippen molar-refractivity contribution in [2.24, 2.45) is 5.92 Å². The van der Waals surface area contributed by atoms with Crippen LogP contribution in [0.1, 0.15) is 40.2 Å². The van der Waals surface area contributed by atoms with Gasteiger partial charge in [-0.1, -0.05) is 30.3 Å². The number of amides is 1. The first-order valence-corrected chi connectivity index (χ1v) is 8.00. The summed E-state index contributed by atoms with van der Waals surface area (Å²) in [6.45, 7) is 5.50. The van der Waals surface area contributed by atoms with E-state index in [1.54, 1.807) is 0 Å². The van der Waals surface area contributed by atoms with Gasteiger partial charge < -0.3 is 4.90 Å². The van der Waals surface area contributed by atoms with E-state index in [0.29, 0.717) is 5.92 Å². The first-order chi connectivity index (χ1) is 10.6. The van der Waals surface area contributed by atoms with Gasteiger partial charge in [-0.3, -0.25) is 9.89 Å². The summed E-state index contributed by atoms with van der Waals surface area (Å²) in [5.74, 6) is 0.805. The van der Waals surface area contributed by atoms with Crippen LogP contribution >= 0.6 is 0 Å².